The predicted octanol–water partition coefficient (Wildman–Crippen LogP) is 2.34. The lowest BCUT2D eigenvalue weighted by Crippen LogP contribution is -2.36. The predicted molar refractivity (Wildman–Crippen MR) is 58.4 cm³/mol. The number of rotatable bonds is 1. The summed E-state index contributed by atoms with van der Waals surface area (Å²) in [6.45, 7) is 1.57. The molecule has 1 fully saturated rings. The third-order valence-electron chi connectivity index (χ3n) is 2.47. The minimum absolute atomic E-state index is 0.122. The molecule has 0 spiro atoms. The molecule has 1 aliphatic heterocycles. The molecular formula is C9H11Cl2N3O. The van der Waals surface area contributed by atoms with Gasteiger partial charge in [-0.25, -0.2) is 4.98 Å². The van der Waals surface area contributed by atoms with E-state index in [9.17, 15) is 4.79 Å². The van der Waals surface area contributed by atoms with Crippen LogP contribution in [0.2, 0.25) is 10.3 Å². The van der Waals surface area contributed by atoms with E-state index in [-0.39, 0.29) is 22.0 Å². The fourth-order valence-corrected chi connectivity index (χ4v) is 1.94. The van der Waals surface area contributed by atoms with E-state index in [2.05, 4.69) is 9.97 Å². The molecule has 2 heterocycles. The van der Waals surface area contributed by atoms with Crippen LogP contribution in [0.1, 0.15) is 29.9 Å². The summed E-state index contributed by atoms with van der Waals surface area (Å²) < 4.78 is 0. The van der Waals surface area contributed by atoms with Gasteiger partial charge in [0.15, 0.2) is 11.0 Å². The summed E-state index contributed by atoms with van der Waals surface area (Å²) in [6.07, 6.45) is 3.28. The second kappa shape index (κ2) is 4.41. The molecule has 2 rings (SSSR count). The highest BCUT2D eigenvalue weighted by Crippen LogP contribution is 2.19. The SMILES string of the molecule is O=C(c1nc(Cl)c(Cl)[nH]1)N1CCCCC1. The Hall–Kier alpha value is -0.740. The van der Waals surface area contributed by atoms with Gasteiger partial charge in [-0.05, 0) is 19.3 Å². The molecule has 15 heavy (non-hydrogen) atoms. The molecule has 0 bridgehead atoms. The number of H-pyrrole nitrogens is 1. The zero-order valence-electron chi connectivity index (χ0n) is 8.09. The maximum Gasteiger partial charge on any atom is 0.289 e. The molecule has 1 amide bonds. The molecule has 0 unspecified atom stereocenters. The van der Waals surface area contributed by atoms with Gasteiger partial charge >= 0.3 is 0 Å². The number of hydrogen-bond donors (Lipinski definition) is 1. The van der Waals surface area contributed by atoms with Gasteiger partial charge in [0.1, 0.15) is 5.15 Å². The van der Waals surface area contributed by atoms with E-state index in [1.165, 1.54) is 6.42 Å². The quantitative estimate of drug-likeness (QED) is 0.829. The molecule has 0 aliphatic carbocycles. The summed E-state index contributed by atoms with van der Waals surface area (Å²) in [5, 5.41) is 0.369. The van der Waals surface area contributed by atoms with Crippen molar-refractivity contribution < 1.29 is 4.79 Å². The maximum absolute atomic E-state index is 11.9. The van der Waals surface area contributed by atoms with E-state index in [1.54, 1.807) is 4.90 Å². The lowest BCUT2D eigenvalue weighted by atomic mass is 10.1. The zero-order chi connectivity index (χ0) is 10.8. The number of halogens is 2. The van der Waals surface area contributed by atoms with E-state index in [0.717, 1.165) is 25.9 Å². The number of likely N-dealkylation sites (tertiary alicyclic amines) is 1. The lowest BCUT2D eigenvalue weighted by molar-refractivity contribution is 0.0713. The van der Waals surface area contributed by atoms with Gasteiger partial charge in [0.25, 0.3) is 5.91 Å². The molecule has 0 saturated carbocycles. The number of nitrogens with one attached hydrogen (secondary N) is 1. The van der Waals surface area contributed by atoms with Crippen LogP contribution in [0.3, 0.4) is 0 Å². The van der Waals surface area contributed by atoms with Crippen LogP contribution in [0.5, 0.6) is 0 Å². The van der Waals surface area contributed by atoms with Gasteiger partial charge in [-0.15, -0.1) is 0 Å². The highest BCUT2D eigenvalue weighted by Gasteiger charge is 2.21. The minimum atomic E-state index is -0.122. The first-order chi connectivity index (χ1) is 7.18. The number of carbonyl (C=O) groups excluding carboxylic acids is 1. The van der Waals surface area contributed by atoms with Crippen molar-refractivity contribution in [3.8, 4) is 0 Å². The molecule has 82 valence electrons. The largest absolute Gasteiger partial charge is 0.336 e. The number of aromatic nitrogens is 2. The van der Waals surface area contributed by atoms with Crippen LogP contribution in [0.15, 0.2) is 0 Å². The molecule has 1 aromatic heterocycles. The molecule has 4 nitrogen and oxygen atoms in total. The van der Waals surface area contributed by atoms with Crippen molar-refractivity contribution in [3.63, 3.8) is 0 Å². The van der Waals surface area contributed by atoms with Crippen molar-refractivity contribution in [2.24, 2.45) is 0 Å². The number of carbonyl (C=O) groups is 1. The van der Waals surface area contributed by atoms with Crippen LogP contribution in [0, 0.1) is 0 Å². The monoisotopic (exact) mass is 247 g/mol. The Labute approximate surface area is 97.6 Å². The van der Waals surface area contributed by atoms with E-state index >= 15 is 0 Å². The molecular weight excluding hydrogens is 237 g/mol. The van der Waals surface area contributed by atoms with Crippen molar-refractivity contribution in [1.29, 1.82) is 0 Å². The molecule has 0 radical (unpaired) electrons. The standard InChI is InChI=1S/C9H11Cl2N3O/c10-6-7(11)13-8(12-6)9(15)14-4-2-1-3-5-14/h1-5H2,(H,12,13). The van der Waals surface area contributed by atoms with Gasteiger partial charge in [0.05, 0.1) is 0 Å². The van der Waals surface area contributed by atoms with E-state index in [0.29, 0.717) is 0 Å². The minimum Gasteiger partial charge on any atom is -0.336 e. The highest BCUT2D eigenvalue weighted by atomic mass is 35.5. The average Bonchev–Trinajstić information content (AvgIpc) is 2.59. The lowest BCUT2D eigenvalue weighted by Gasteiger charge is -2.25. The number of imidazole rings is 1. The van der Waals surface area contributed by atoms with E-state index in [1.807, 2.05) is 0 Å². The van der Waals surface area contributed by atoms with Crippen molar-refractivity contribution in [1.82, 2.24) is 14.9 Å². The number of nitrogens with zero attached hydrogens (tertiary/aromatic N) is 2. The molecule has 0 atom stereocenters. The highest BCUT2D eigenvalue weighted by molar-refractivity contribution is 6.40. The third kappa shape index (κ3) is 2.26. The summed E-state index contributed by atoms with van der Waals surface area (Å²) in [5.74, 6) is 0.107. The van der Waals surface area contributed by atoms with Crippen LogP contribution in [-0.2, 0) is 0 Å². The third-order valence-corrected chi connectivity index (χ3v) is 3.11. The molecule has 1 aliphatic rings. The number of amides is 1. The van der Waals surface area contributed by atoms with Gasteiger partial charge in [0, 0.05) is 13.1 Å². The zero-order valence-corrected chi connectivity index (χ0v) is 9.61. The van der Waals surface area contributed by atoms with Crippen molar-refractivity contribution in [2.45, 2.75) is 19.3 Å². The average molecular weight is 248 g/mol. The first-order valence-corrected chi connectivity index (χ1v) is 5.64. The second-order valence-electron chi connectivity index (χ2n) is 3.54. The number of aromatic amines is 1. The Morgan fingerprint density at radius 3 is 2.47 bits per heavy atom. The fourth-order valence-electron chi connectivity index (χ4n) is 1.68. The number of hydrogen-bond acceptors (Lipinski definition) is 2. The summed E-state index contributed by atoms with van der Waals surface area (Å²) in [4.78, 5) is 20.2. The van der Waals surface area contributed by atoms with Gasteiger partial charge in [0.2, 0.25) is 0 Å². The van der Waals surface area contributed by atoms with Crippen molar-refractivity contribution in [3.05, 3.63) is 16.1 Å². The Balaban J connectivity index is 2.12. The van der Waals surface area contributed by atoms with Crippen LogP contribution in [0.25, 0.3) is 0 Å². The summed E-state index contributed by atoms with van der Waals surface area (Å²) in [7, 11) is 0. The first-order valence-electron chi connectivity index (χ1n) is 4.89. The normalized spacial score (nSPS) is 16.8. The van der Waals surface area contributed by atoms with Crippen LogP contribution in [0.4, 0.5) is 0 Å². The summed E-state index contributed by atoms with van der Waals surface area (Å²) in [6, 6.07) is 0. The van der Waals surface area contributed by atoms with Gasteiger partial charge in [-0.1, -0.05) is 23.2 Å². The van der Waals surface area contributed by atoms with Crippen LogP contribution < -0.4 is 0 Å². The molecule has 1 aromatic rings. The Morgan fingerprint density at radius 2 is 1.93 bits per heavy atom. The molecule has 6 heteroatoms. The van der Waals surface area contributed by atoms with E-state index in [4.69, 9.17) is 23.2 Å². The summed E-state index contributed by atoms with van der Waals surface area (Å²) >= 11 is 11.4. The van der Waals surface area contributed by atoms with Crippen molar-refractivity contribution >= 4 is 29.1 Å². The molecule has 1 saturated heterocycles. The first kappa shape index (κ1) is 10.8. The number of piperidine rings is 1. The maximum atomic E-state index is 11.9. The van der Waals surface area contributed by atoms with Gasteiger partial charge in [-0.2, -0.15) is 0 Å². The molecule has 0 aromatic carbocycles. The van der Waals surface area contributed by atoms with Gasteiger partial charge < -0.3 is 9.88 Å². The smallest absolute Gasteiger partial charge is 0.289 e. The van der Waals surface area contributed by atoms with Crippen molar-refractivity contribution in [2.75, 3.05) is 13.1 Å². The topological polar surface area (TPSA) is 49.0 Å². The van der Waals surface area contributed by atoms with Crippen LogP contribution in [-0.4, -0.2) is 33.9 Å². The second-order valence-corrected chi connectivity index (χ2v) is 4.28. The Morgan fingerprint density at radius 1 is 1.27 bits per heavy atom. The Kier molecular flexibility index (Phi) is 3.17. The van der Waals surface area contributed by atoms with Crippen LogP contribution >= 0.6 is 23.2 Å². The van der Waals surface area contributed by atoms with Gasteiger partial charge in [-0.3, -0.25) is 4.79 Å². The van der Waals surface area contributed by atoms with E-state index < -0.39 is 0 Å². The Bertz CT molecular complexity index is 352. The summed E-state index contributed by atoms with van der Waals surface area (Å²) in [5.41, 5.74) is 0. The fraction of sp³-hybridized carbons (Fsp3) is 0.556. The molecule has 1 N–H and O–H groups in total.